The van der Waals surface area contributed by atoms with E-state index < -0.39 is 0 Å². The van der Waals surface area contributed by atoms with E-state index >= 15 is 0 Å². The molecule has 242 valence electrons. The molecule has 0 unspecified atom stereocenters. The van der Waals surface area contributed by atoms with Gasteiger partial charge < -0.3 is 9.32 Å². The van der Waals surface area contributed by atoms with Crippen molar-refractivity contribution in [2.75, 3.05) is 4.90 Å². The molecule has 3 heteroatoms. The number of nitrogens with zero attached hydrogens (tertiary/aromatic N) is 2. The standard InChI is InChI=1S/C48H34N2O/c1-48(2)42-16-10-9-15-39(42)40-27-26-38(30-43(40)48)50(36-23-19-32(20-24-36)31-11-5-3-6-12-31)37-25-21-33-17-18-34-22-28-44-46(45(34)41(33)29-37)51-47(49-44)35-13-7-4-8-14-35/h3-30H,1-2H3. The van der Waals surface area contributed by atoms with Crippen molar-refractivity contribution in [2.45, 2.75) is 19.3 Å². The lowest BCUT2D eigenvalue weighted by Crippen LogP contribution is -2.16. The maximum absolute atomic E-state index is 6.58. The predicted octanol–water partition coefficient (Wildman–Crippen LogP) is 13.2. The lowest BCUT2D eigenvalue weighted by molar-refractivity contribution is 0.623. The van der Waals surface area contributed by atoms with E-state index in [1.54, 1.807) is 0 Å². The Labute approximate surface area is 297 Å². The van der Waals surface area contributed by atoms with E-state index in [0.717, 1.165) is 55.3 Å². The summed E-state index contributed by atoms with van der Waals surface area (Å²) < 4.78 is 6.58. The van der Waals surface area contributed by atoms with E-state index in [1.807, 2.05) is 30.3 Å². The highest BCUT2D eigenvalue weighted by molar-refractivity contribution is 6.18. The van der Waals surface area contributed by atoms with Crippen LogP contribution in [0.4, 0.5) is 17.1 Å². The number of hydrogen-bond donors (Lipinski definition) is 0. The Kier molecular flexibility index (Phi) is 6.53. The molecule has 9 aromatic rings. The molecule has 0 atom stereocenters. The monoisotopic (exact) mass is 654 g/mol. The molecule has 0 fully saturated rings. The average Bonchev–Trinajstić information content (AvgIpc) is 3.72. The van der Waals surface area contributed by atoms with Gasteiger partial charge in [-0.2, -0.15) is 0 Å². The van der Waals surface area contributed by atoms with Crippen LogP contribution in [-0.4, -0.2) is 4.98 Å². The van der Waals surface area contributed by atoms with Crippen LogP contribution in [0.3, 0.4) is 0 Å². The maximum atomic E-state index is 6.58. The lowest BCUT2D eigenvalue weighted by atomic mass is 9.82. The maximum Gasteiger partial charge on any atom is 0.227 e. The molecule has 1 aliphatic rings. The molecule has 0 spiro atoms. The number of rotatable bonds is 5. The summed E-state index contributed by atoms with van der Waals surface area (Å²) in [4.78, 5) is 7.30. The topological polar surface area (TPSA) is 29.3 Å². The molecular weight excluding hydrogens is 621 g/mol. The first kappa shape index (κ1) is 29.5. The Bertz CT molecular complexity index is 2760. The Hall–Kier alpha value is -6.45. The van der Waals surface area contributed by atoms with Crippen LogP contribution in [-0.2, 0) is 5.41 Å². The second kappa shape index (κ2) is 11.3. The van der Waals surface area contributed by atoms with Crippen LogP contribution in [0.1, 0.15) is 25.0 Å². The SMILES string of the molecule is CC1(C)c2ccccc2-c2ccc(N(c3ccc(-c4ccccc4)cc3)c3ccc4ccc5ccc6nc(-c7ccccc7)oc6c5c4c3)cc21. The van der Waals surface area contributed by atoms with Gasteiger partial charge in [-0.25, -0.2) is 4.98 Å². The van der Waals surface area contributed by atoms with Gasteiger partial charge in [-0.1, -0.05) is 129 Å². The third-order valence-electron chi connectivity index (χ3n) is 10.7. The summed E-state index contributed by atoms with van der Waals surface area (Å²) in [5.41, 5.74) is 13.6. The van der Waals surface area contributed by atoms with E-state index in [9.17, 15) is 0 Å². The molecule has 0 radical (unpaired) electrons. The van der Waals surface area contributed by atoms with Gasteiger partial charge in [0.1, 0.15) is 5.52 Å². The summed E-state index contributed by atoms with van der Waals surface area (Å²) in [6, 6.07) is 60.8. The normalized spacial score (nSPS) is 13.1. The number of fused-ring (bicyclic) bond motifs is 8. The third-order valence-corrected chi connectivity index (χ3v) is 10.7. The molecule has 0 saturated heterocycles. The number of benzene rings is 8. The van der Waals surface area contributed by atoms with Crippen molar-refractivity contribution in [1.82, 2.24) is 4.98 Å². The average molecular weight is 655 g/mol. The van der Waals surface area contributed by atoms with Crippen LogP contribution in [0.5, 0.6) is 0 Å². The Morgan fingerprint density at radius 1 is 0.490 bits per heavy atom. The quantitative estimate of drug-likeness (QED) is 0.173. The van der Waals surface area contributed by atoms with Gasteiger partial charge in [-0.3, -0.25) is 0 Å². The highest BCUT2D eigenvalue weighted by Crippen LogP contribution is 2.51. The van der Waals surface area contributed by atoms with Crippen LogP contribution in [0.2, 0.25) is 0 Å². The number of oxazole rings is 1. The fourth-order valence-electron chi connectivity index (χ4n) is 8.06. The Morgan fingerprint density at radius 2 is 1.08 bits per heavy atom. The van der Waals surface area contributed by atoms with Gasteiger partial charge in [0.15, 0.2) is 5.58 Å². The molecule has 1 heterocycles. The Balaban J connectivity index is 1.18. The molecule has 3 nitrogen and oxygen atoms in total. The predicted molar refractivity (Wildman–Crippen MR) is 212 cm³/mol. The summed E-state index contributed by atoms with van der Waals surface area (Å²) in [5.74, 6) is 0.633. The van der Waals surface area contributed by atoms with Crippen molar-refractivity contribution < 1.29 is 4.42 Å². The number of aromatic nitrogens is 1. The van der Waals surface area contributed by atoms with Crippen molar-refractivity contribution >= 4 is 49.7 Å². The van der Waals surface area contributed by atoms with Gasteiger partial charge in [-0.15, -0.1) is 0 Å². The molecule has 0 N–H and O–H groups in total. The number of hydrogen-bond acceptors (Lipinski definition) is 3. The van der Waals surface area contributed by atoms with E-state index in [4.69, 9.17) is 9.40 Å². The second-order valence-corrected chi connectivity index (χ2v) is 14.0. The molecule has 0 bridgehead atoms. The van der Waals surface area contributed by atoms with Gasteiger partial charge in [0.05, 0.1) is 0 Å². The zero-order valence-corrected chi connectivity index (χ0v) is 28.5. The summed E-state index contributed by atoms with van der Waals surface area (Å²) in [6.45, 7) is 4.68. The van der Waals surface area contributed by atoms with Crippen molar-refractivity contribution in [3.63, 3.8) is 0 Å². The molecule has 0 amide bonds. The van der Waals surface area contributed by atoms with Crippen LogP contribution >= 0.6 is 0 Å². The summed E-state index contributed by atoms with van der Waals surface area (Å²) in [7, 11) is 0. The molecule has 0 aliphatic heterocycles. The summed E-state index contributed by atoms with van der Waals surface area (Å²) in [6.07, 6.45) is 0. The minimum Gasteiger partial charge on any atom is -0.435 e. The van der Waals surface area contributed by atoms with Gasteiger partial charge >= 0.3 is 0 Å². The fraction of sp³-hybridized carbons (Fsp3) is 0.0625. The van der Waals surface area contributed by atoms with E-state index in [1.165, 1.54) is 33.4 Å². The van der Waals surface area contributed by atoms with Gasteiger partial charge in [-0.05, 0) is 104 Å². The van der Waals surface area contributed by atoms with Crippen molar-refractivity contribution in [2.24, 2.45) is 0 Å². The minimum atomic E-state index is -0.112. The lowest BCUT2D eigenvalue weighted by Gasteiger charge is -2.28. The van der Waals surface area contributed by atoms with Crippen LogP contribution in [0.25, 0.3) is 66.4 Å². The third kappa shape index (κ3) is 4.69. The molecule has 51 heavy (non-hydrogen) atoms. The zero-order chi connectivity index (χ0) is 34.1. The van der Waals surface area contributed by atoms with E-state index in [2.05, 4.69) is 158 Å². The molecule has 1 aromatic heterocycles. The highest BCUT2D eigenvalue weighted by atomic mass is 16.3. The Morgan fingerprint density at radius 3 is 1.88 bits per heavy atom. The van der Waals surface area contributed by atoms with E-state index in [0.29, 0.717) is 5.89 Å². The van der Waals surface area contributed by atoms with Gasteiger partial charge in [0.2, 0.25) is 5.89 Å². The summed E-state index contributed by atoms with van der Waals surface area (Å²) >= 11 is 0. The van der Waals surface area contributed by atoms with Crippen molar-refractivity contribution in [3.05, 3.63) is 181 Å². The molecule has 1 aliphatic carbocycles. The first-order chi connectivity index (χ1) is 25.0. The molecule has 8 aromatic carbocycles. The summed E-state index contributed by atoms with van der Waals surface area (Å²) in [5, 5.41) is 4.48. The largest absolute Gasteiger partial charge is 0.435 e. The zero-order valence-electron chi connectivity index (χ0n) is 28.5. The first-order valence-electron chi connectivity index (χ1n) is 17.5. The fourth-order valence-corrected chi connectivity index (χ4v) is 8.06. The minimum absolute atomic E-state index is 0.112. The number of anilines is 3. The van der Waals surface area contributed by atoms with Crippen molar-refractivity contribution in [1.29, 1.82) is 0 Å². The smallest absolute Gasteiger partial charge is 0.227 e. The van der Waals surface area contributed by atoms with Gasteiger partial charge in [0.25, 0.3) is 0 Å². The molecular formula is C48H34N2O. The highest BCUT2D eigenvalue weighted by Gasteiger charge is 2.35. The first-order valence-corrected chi connectivity index (χ1v) is 17.5. The van der Waals surface area contributed by atoms with Crippen LogP contribution in [0, 0.1) is 0 Å². The van der Waals surface area contributed by atoms with Gasteiger partial charge in [0, 0.05) is 33.4 Å². The molecule has 10 rings (SSSR count). The van der Waals surface area contributed by atoms with E-state index in [-0.39, 0.29) is 5.41 Å². The van der Waals surface area contributed by atoms with Crippen LogP contribution in [0.15, 0.2) is 174 Å². The van der Waals surface area contributed by atoms with Crippen LogP contribution < -0.4 is 4.90 Å². The molecule has 0 saturated carbocycles. The second-order valence-electron chi connectivity index (χ2n) is 14.0. The van der Waals surface area contributed by atoms with Crippen molar-refractivity contribution in [3.8, 4) is 33.7 Å².